The summed E-state index contributed by atoms with van der Waals surface area (Å²) in [6.07, 6.45) is 0.533. The lowest BCUT2D eigenvalue weighted by atomic mass is 9.81. The molecule has 0 bridgehead atoms. The summed E-state index contributed by atoms with van der Waals surface area (Å²) in [6.45, 7) is 4.36. The molecule has 11 heteroatoms. The van der Waals surface area contributed by atoms with Crippen LogP contribution in [0.1, 0.15) is 31.4 Å². The first kappa shape index (κ1) is 31.8. The number of esters is 3. The number of hydrogen-bond acceptors (Lipinski definition) is 11. The molecule has 2 aliphatic rings. The number of benzene rings is 2. The van der Waals surface area contributed by atoms with Gasteiger partial charge in [0, 0.05) is 32.3 Å². The molecule has 43 heavy (non-hydrogen) atoms. The first-order valence-electron chi connectivity index (χ1n) is 14.4. The minimum absolute atomic E-state index is 0.160. The van der Waals surface area contributed by atoms with Gasteiger partial charge >= 0.3 is 17.9 Å². The Balaban J connectivity index is 1.92. The molecule has 0 unspecified atom stereocenters. The van der Waals surface area contributed by atoms with Gasteiger partial charge in [0.15, 0.2) is 6.17 Å². The molecule has 2 heterocycles. The van der Waals surface area contributed by atoms with Crippen molar-refractivity contribution in [1.29, 1.82) is 0 Å². The third-order valence-corrected chi connectivity index (χ3v) is 7.82. The quantitative estimate of drug-likeness (QED) is 0.282. The molecule has 232 valence electrons. The smallest absolute Gasteiger partial charge is 0.338 e. The first-order valence-corrected chi connectivity index (χ1v) is 14.4. The minimum Gasteiger partial charge on any atom is -0.497 e. The molecule has 1 saturated heterocycles. The number of hydrogen-bond donors (Lipinski definition) is 0. The summed E-state index contributed by atoms with van der Waals surface area (Å²) < 4.78 is 27.3. The van der Waals surface area contributed by atoms with E-state index in [1.165, 1.54) is 7.11 Å². The van der Waals surface area contributed by atoms with Crippen LogP contribution in [-0.2, 0) is 41.7 Å². The van der Waals surface area contributed by atoms with E-state index >= 15 is 0 Å². The van der Waals surface area contributed by atoms with E-state index in [1.807, 2.05) is 70.3 Å². The standard InChI is InChI=1S/C32H41N3O8/c1-7-42-31(37)27-26-17-23(30(36)41-6)20-33(3)28(26)35(19-22-12-10-14-25(16-22)40-5)29(32(38)43-8-2)34(27)18-21-11-9-13-24(15-21)39-4/h9-16,20,26-29H,7-8,17-19H2,1-6H3/t26-,27+,28-,29+/m0/s1. The second-order valence-electron chi connectivity index (χ2n) is 10.5. The number of carbonyl (C=O) groups excluding carboxylic acids is 3. The van der Waals surface area contributed by atoms with Gasteiger partial charge in [-0.3, -0.25) is 14.6 Å². The molecule has 0 spiro atoms. The normalized spacial score (nSPS) is 22.2. The monoisotopic (exact) mass is 595 g/mol. The van der Waals surface area contributed by atoms with Crippen molar-refractivity contribution in [3.63, 3.8) is 0 Å². The molecular formula is C32H41N3O8. The maximum absolute atomic E-state index is 14.0. The molecule has 2 aromatic carbocycles. The summed E-state index contributed by atoms with van der Waals surface area (Å²) in [5.74, 6) is -0.577. The van der Waals surface area contributed by atoms with Crippen LogP contribution in [0.5, 0.6) is 11.5 Å². The SMILES string of the molecule is CCOC(=O)[C@@H]1N(Cc2cccc(OC)c2)[C@@H](C(=O)OCC)[C@@H]2CC(C(=O)OC)=CN(C)[C@H]2N1Cc1cccc(OC)c1. The Morgan fingerprint density at radius 3 is 1.91 bits per heavy atom. The van der Waals surface area contributed by atoms with Crippen molar-refractivity contribution in [3.8, 4) is 11.5 Å². The Labute approximate surface area is 252 Å². The Hall–Kier alpha value is -4.09. The summed E-state index contributed by atoms with van der Waals surface area (Å²) in [6, 6.07) is 14.2. The van der Waals surface area contributed by atoms with Crippen LogP contribution in [0, 0.1) is 5.92 Å². The fourth-order valence-corrected chi connectivity index (χ4v) is 6.14. The van der Waals surface area contributed by atoms with Crippen molar-refractivity contribution in [3.05, 3.63) is 71.4 Å². The summed E-state index contributed by atoms with van der Waals surface area (Å²) in [5, 5.41) is 0. The highest BCUT2D eigenvalue weighted by atomic mass is 16.5. The highest BCUT2D eigenvalue weighted by Gasteiger charge is 2.56. The van der Waals surface area contributed by atoms with Gasteiger partial charge in [0.05, 0.1) is 46.3 Å². The molecule has 11 nitrogen and oxygen atoms in total. The predicted octanol–water partition coefficient (Wildman–Crippen LogP) is 3.18. The van der Waals surface area contributed by atoms with E-state index in [0.717, 1.165) is 11.1 Å². The van der Waals surface area contributed by atoms with Gasteiger partial charge in [0.2, 0.25) is 0 Å². The molecular weight excluding hydrogens is 554 g/mol. The van der Waals surface area contributed by atoms with Crippen molar-refractivity contribution in [1.82, 2.24) is 14.7 Å². The second-order valence-corrected chi connectivity index (χ2v) is 10.5. The van der Waals surface area contributed by atoms with E-state index in [9.17, 15) is 14.4 Å². The third kappa shape index (κ3) is 6.94. The predicted molar refractivity (Wildman–Crippen MR) is 158 cm³/mol. The average Bonchev–Trinajstić information content (AvgIpc) is 3.00. The summed E-state index contributed by atoms with van der Waals surface area (Å²) >= 11 is 0. The van der Waals surface area contributed by atoms with Gasteiger partial charge in [-0.25, -0.2) is 9.59 Å². The molecule has 2 aromatic rings. The zero-order chi connectivity index (χ0) is 31.1. The van der Waals surface area contributed by atoms with Crippen LogP contribution < -0.4 is 9.47 Å². The minimum atomic E-state index is -0.969. The van der Waals surface area contributed by atoms with Crippen LogP contribution in [0.4, 0.5) is 0 Å². The topological polar surface area (TPSA) is 107 Å². The van der Waals surface area contributed by atoms with Gasteiger partial charge in [0.25, 0.3) is 0 Å². The zero-order valence-corrected chi connectivity index (χ0v) is 25.6. The van der Waals surface area contributed by atoms with Gasteiger partial charge in [-0.1, -0.05) is 24.3 Å². The first-order chi connectivity index (χ1) is 20.8. The lowest BCUT2D eigenvalue weighted by Gasteiger charge is -2.57. The van der Waals surface area contributed by atoms with Crippen LogP contribution in [-0.4, -0.2) is 92.6 Å². The van der Waals surface area contributed by atoms with Gasteiger partial charge in [-0.2, -0.15) is 0 Å². The highest BCUT2D eigenvalue weighted by molar-refractivity contribution is 5.89. The van der Waals surface area contributed by atoms with Crippen molar-refractivity contribution in [2.24, 2.45) is 5.92 Å². The molecule has 1 fully saturated rings. The number of nitrogens with zero attached hydrogens (tertiary/aromatic N) is 3. The van der Waals surface area contributed by atoms with Crippen LogP contribution in [0.3, 0.4) is 0 Å². The summed E-state index contributed by atoms with van der Waals surface area (Å²) in [4.78, 5) is 46.3. The molecule has 0 saturated carbocycles. The Kier molecular flexibility index (Phi) is 10.7. The van der Waals surface area contributed by atoms with E-state index in [1.54, 1.807) is 34.3 Å². The summed E-state index contributed by atoms with van der Waals surface area (Å²) in [5.41, 5.74) is 2.16. The van der Waals surface area contributed by atoms with E-state index in [2.05, 4.69) is 0 Å². The lowest BCUT2D eigenvalue weighted by Crippen LogP contribution is -2.73. The highest BCUT2D eigenvalue weighted by Crippen LogP contribution is 2.41. The van der Waals surface area contributed by atoms with Gasteiger partial charge in [-0.05, 0) is 55.7 Å². The van der Waals surface area contributed by atoms with Crippen LogP contribution in [0.15, 0.2) is 60.3 Å². The number of ether oxygens (including phenoxy) is 5. The lowest BCUT2D eigenvalue weighted by molar-refractivity contribution is -0.198. The molecule has 4 atom stereocenters. The van der Waals surface area contributed by atoms with E-state index in [0.29, 0.717) is 23.6 Å². The number of rotatable bonds is 11. The maximum Gasteiger partial charge on any atom is 0.338 e. The van der Waals surface area contributed by atoms with Crippen molar-refractivity contribution < 1.29 is 38.1 Å². The molecule has 2 aliphatic heterocycles. The largest absolute Gasteiger partial charge is 0.497 e. The third-order valence-electron chi connectivity index (χ3n) is 7.82. The zero-order valence-electron chi connectivity index (χ0n) is 25.6. The van der Waals surface area contributed by atoms with E-state index < -0.39 is 42.2 Å². The molecule has 4 rings (SSSR count). The van der Waals surface area contributed by atoms with Gasteiger partial charge in [-0.15, -0.1) is 0 Å². The Bertz CT molecular complexity index is 1330. The Morgan fingerprint density at radius 2 is 1.37 bits per heavy atom. The maximum atomic E-state index is 14.0. The second kappa shape index (κ2) is 14.4. The van der Waals surface area contributed by atoms with E-state index in [4.69, 9.17) is 23.7 Å². The van der Waals surface area contributed by atoms with Crippen LogP contribution in [0.2, 0.25) is 0 Å². The molecule has 0 radical (unpaired) electrons. The number of fused-ring (bicyclic) bond motifs is 1. The molecule has 0 N–H and O–H groups in total. The average molecular weight is 596 g/mol. The Morgan fingerprint density at radius 1 is 0.814 bits per heavy atom. The summed E-state index contributed by atoms with van der Waals surface area (Å²) in [7, 11) is 6.35. The van der Waals surface area contributed by atoms with E-state index in [-0.39, 0.29) is 26.2 Å². The van der Waals surface area contributed by atoms with Gasteiger partial charge < -0.3 is 28.6 Å². The number of methoxy groups -OCH3 is 3. The van der Waals surface area contributed by atoms with Crippen molar-refractivity contribution in [2.75, 3.05) is 41.6 Å². The molecule has 0 amide bonds. The van der Waals surface area contributed by atoms with Crippen LogP contribution in [0.25, 0.3) is 0 Å². The fourth-order valence-electron chi connectivity index (χ4n) is 6.14. The number of carbonyl (C=O) groups is 3. The van der Waals surface area contributed by atoms with Gasteiger partial charge in [0.1, 0.15) is 17.5 Å². The van der Waals surface area contributed by atoms with Crippen molar-refractivity contribution in [2.45, 2.75) is 51.7 Å². The molecule has 0 aliphatic carbocycles. The van der Waals surface area contributed by atoms with Crippen LogP contribution >= 0.6 is 0 Å². The fraction of sp³-hybridized carbons (Fsp3) is 0.469. The molecule has 0 aromatic heterocycles. The van der Waals surface area contributed by atoms with Crippen molar-refractivity contribution >= 4 is 17.9 Å².